The summed E-state index contributed by atoms with van der Waals surface area (Å²) in [7, 11) is 1.98. The molecule has 2 nitrogen and oxygen atoms in total. The van der Waals surface area contributed by atoms with Crippen molar-refractivity contribution in [1.29, 1.82) is 0 Å². The number of nitrogens with zero attached hydrogens (tertiary/aromatic N) is 1. The highest BCUT2D eigenvalue weighted by Crippen LogP contribution is 2.18. The van der Waals surface area contributed by atoms with Crippen molar-refractivity contribution in [1.82, 2.24) is 4.90 Å². The summed E-state index contributed by atoms with van der Waals surface area (Å²) >= 11 is 0. The zero-order valence-electron chi connectivity index (χ0n) is 11.5. The van der Waals surface area contributed by atoms with Gasteiger partial charge in [-0.2, -0.15) is 0 Å². The Labute approximate surface area is 108 Å². The molecule has 0 fully saturated rings. The third-order valence-electron chi connectivity index (χ3n) is 2.62. The number of likely N-dealkylation sites (N-methyl/N-ethyl adjacent to an activating group) is 1. The van der Waals surface area contributed by atoms with Gasteiger partial charge in [-0.15, -0.1) is 0 Å². The first-order valence-corrected chi connectivity index (χ1v) is 6.08. The number of rotatable bonds is 4. The molecule has 4 heteroatoms. The summed E-state index contributed by atoms with van der Waals surface area (Å²) in [5.74, 6) is -1.68. The summed E-state index contributed by atoms with van der Waals surface area (Å²) in [5.41, 5.74) is 6.81. The topological polar surface area (TPSA) is 29.3 Å². The molecular formula is C14H22F2N2. The standard InChI is InChI=1S/C14H22F2N2/c1-14(2,3)9-18(4)8-13(17)10-5-6-11(15)12(16)7-10/h5-7,13H,8-9,17H2,1-4H3. The maximum Gasteiger partial charge on any atom is 0.159 e. The molecule has 1 unspecified atom stereocenters. The van der Waals surface area contributed by atoms with Crippen LogP contribution in [0.5, 0.6) is 0 Å². The van der Waals surface area contributed by atoms with Crippen LogP contribution in [0.15, 0.2) is 18.2 Å². The van der Waals surface area contributed by atoms with Crippen molar-refractivity contribution in [3.63, 3.8) is 0 Å². The van der Waals surface area contributed by atoms with Crippen molar-refractivity contribution in [2.45, 2.75) is 26.8 Å². The van der Waals surface area contributed by atoms with Gasteiger partial charge in [0.1, 0.15) is 0 Å². The van der Waals surface area contributed by atoms with E-state index in [0.29, 0.717) is 12.1 Å². The molecule has 0 amide bonds. The van der Waals surface area contributed by atoms with Crippen molar-refractivity contribution in [2.75, 3.05) is 20.1 Å². The van der Waals surface area contributed by atoms with Gasteiger partial charge in [0.15, 0.2) is 11.6 Å². The number of hydrogen-bond donors (Lipinski definition) is 1. The van der Waals surface area contributed by atoms with Crippen LogP contribution in [-0.4, -0.2) is 25.0 Å². The number of hydrogen-bond acceptors (Lipinski definition) is 2. The van der Waals surface area contributed by atoms with Crippen molar-refractivity contribution >= 4 is 0 Å². The molecule has 1 aromatic carbocycles. The third kappa shape index (κ3) is 4.70. The normalized spacial score (nSPS) is 14.0. The smallest absolute Gasteiger partial charge is 0.159 e. The van der Waals surface area contributed by atoms with Crippen molar-refractivity contribution in [3.8, 4) is 0 Å². The fourth-order valence-electron chi connectivity index (χ4n) is 2.06. The van der Waals surface area contributed by atoms with E-state index in [1.54, 1.807) is 0 Å². The lowest BCUT2D eigenvalue weighted by atomic mass is 9.96. The maximum atomic E-state index is 13.1. The Morgan fingerprint density at radius 3 is 2.33 bits per heavy atom. The molecule has 0 saturated carbocycles. The lowest BCUT2D eigenvalue weighted by Crippen LogP contribution is -2.35. The molecule has 2 N–H and O–H groups in total. The first-order valence-electron chi connectivity index (χ1n) is 6.08. The van der Waals surface area contributed by atoms with E-state index in [2.05, 4.69) is 25.7 Å². The van der Waals surface area contributed by atoms with Crippen molar-refractivity contribution < 1.29 is 8.78 Å². The average molecular weight is 256 g/mol. The van der Waals surface area contributed by atoms with Crippen LogP contribution in [0.1, 0.15) is 32.4 Å². The largest absolute Gasteiger partial charge is 0.323 e. The van der Waals surface area contributed by atoms with Crippen LogP contribution in [0.3, 0.4) is 0 Å². The molecule has 102 valence electrons. The van der Waals surface area contributed by atoms with Gasteiger partial charge in [0.25, 0.3) is 0 Å². The SMILES string of the molecule is CN(CC(N)c1ccc(F)c(F)c1)CC(C)(C)C. The summed E-state index contributed by atoms with van der Waals surface area (Å²) in [5, 5.41) is 0. The van der Waals surface area contributed by atoms with E-state index in [1.807, 2.05) is 7.05 Å². The molecule has 1 atom stereocenters. The van der Waals surface area contributed by atoms with Gasteiger partial charge < -0.3 is 10.6 Å². The Hall–Kier alpha value is -1.00. The lowest BCUT2D eigenvalue weighted by Gasteiger charge is -2.28. The summed E-state index contributed by atoms with van der Waals surface area (Å²) < 4.78 is 25.9. The summed E-state index contributed by atoms with van der Waals surface area (Å²) in [6, 6.07) is 3.51. The van der Waals surface area contributed by atoms with Gasteiger partial charge in [0.2, 0.25) is 0 Å². The maximum absolute atomic E-state index is 13.1. The summed E-state index contributed by atoms with van der Waals surface area (Å²) in [6.07, 6.45) is 0. The van der Waals surface area contributed by atoms with Crippen molar-refractivity contribution in [3.05, 3.63) is 35.4 Å². The van der Waals surface area contributed by atoms with Gasteiger partial charge in [-0.25, -0.2) is 8.78 Å². The number of halogens is 2. The van der Waals surface area contributed by atoms with E-state index in [1.165, 1.54) is 12.1 Å². The Bertz CT molecular complexity index is 399. The molecule has 1 rings (SSSR count). The van der Waals surface area contributed by atoms with Crippen LogP contribution in [0, 0.1) is 17.0 Å². The van der Waals surface area contributed by atoms with E-state index < -0.39 is 11.6 Å². The average Bonchev–Trinajstić information content (AvgIpc) is 2.18. The molecule has 0 spiro atoms. The van der Waals surface area contributed by atoms with E-state index in [9.17, 15) is 8.78 Å². The molecule has 18 heavy (non-hydrogen) atoms. The van der Waals surface area contributed by atoms with Crippen molar-refractivity contribution in [2.24, 2.45) is 11.1 Å². The van der Waals surface area contributed by atoms with Gasteiger partial charge in [-0.1, -0.05) is 26.8 Å². The van der Waals surface area contributed by atoms with Crippen LogP contribution in [0.4, 0.5) is 8.78 Å². The molecule has 0 aromatic heterocycles. The van der Waals surface area contributed by atoms with Crippen LogP contribution in [-0.2, 0) is 0 Å². The summed E-state index contributed by atoms with van der Waals surface area (Å²) in [6.45, 7) is 7.94. The second-order valence-corrected chi connectivity index (χ2v) is 6.04. The highest BCUT2D eigenvalue weighted by atomic mass is 19.2. The fraction of sp³-hybridized carbons (Fsp3) is 0.571. The van der Waals surface area contributed by atoms with E-state index in [0.717, 1.165) is 12.6 Å². The monoisotopic (exact) mass is 256 g/mol. The van der Waals surface area contributed by atoms with Gasteiger partial charge in [0.05, 0.1) is 0 Å². The van der Waals surface area contributed by atoms with Crippen LogP contribution in [0.25, 0.3) is 0 Å². The Balaban J connectivity index is 2.64. The van der Waals surface area contributed by atoms with Crippen LogP contribution >= 0.6 is 0 Å². The fourth-order valence-corrected chi connectivity index (χ4v) is 2.06. The van der Waals surface area contributed by atoms with Gasteiger partial charge in [-0.3, -0.25) is 0 Å². The molecule has 0 radical (unpaired) electrons. The van der Waals surface area contributed by atoms with Crippen LogP contribution in [0.2, 0.25) is 0 Å². The molecule has 1 aromatic rings. The van der Waals surface area contributed by atoms with E-state index >= 15 is 0 Å². The zero-order chi connectivity index (χ0) is 13.9. The van der Waals surface area contributed by atoms with E-state index in [-0.39, 0.29) is 11.5 Å². The minimum Gasteiger partial charge on any atom is -0.323 e. The molecule has 0 heterocycles. The first-order chi connectivity index (χ1) is 8.19. The Morgan fingerprint density at radius 2 is 1.83 bits per heavy atom. The molecule has 0 bridgehead atoms. The predicted molar refractivity (Wildman–Crippen MR) is 70.2 cm³/mol. The van der Waals surface area contributed by atoms with Gasteiger partial charge >= 0.3 is 0 Å². The second kappa shape index (κ2) is 5.76. The molecule has 0 aliphatic carbocycles. The molecule has 0 saturated heterocycles. The Kier molecular flexibility index (Phi) is 4.82. The number of nitrogens with two attached hydrogens (primary N) is 1. The number of benzene rings is 1. The zero-order valence-corrected chi connectivity index (χ0v) is 11.5. The molecule has 0 aliphatic rings. The summed E-state index contributed by atoms with van der Waals surface area (Å²) in [4.78, 5) is 2.10. The minimum atomic E-state index is -0.846. The second-order valence-electron chi connectivity index (χ2n) is 6.04. The van der Waals surface area contributed by atoms with Gasteiger partial charge in [-0.05, 0) is 30.2 Å². The Morgan fingerprint density at radius 1 is 1.22 bits per heavy atom. The van der Waals surface area contributed by atoms with Gasteiger partial charge in [0, 0.05) is 19.1 Å². The minimum absolute atomic E-state index is 0.183. The third-order valence-corrected chi connectivity index (χ3v) is 2.62. The first kappa shape index (κ1) is 15.1. The highest BCUT2D eigenvalue weighted by Gasteiger charge is 2.17. The highest BCUT2D eigenvalue weighted by molar-refractivity contribution is 5.21. The van der Waals surface area contributed by atoms with Crippen LogP contribution < -0.4 is 5.73 Å². The lowest BCUT2D eigenvalue weighted by molar-refractivity contribution is 0.217. The molecular weight excluding hydrogens is 234 g/mol. The molecule has 0 aliphatic heterocycles. The quantitative estimate of drug-likeness (QED) is 0.897. The predicted octanol–water partition coefficient (Wildman–Crippen LogP) is 2.94. The van der Waals surface area contributed by atoms with E-state index in [4.69, 9.17) is 5.73 Å².